The largest absolute Gasteiger partial charge is 0.490 e. The lowest BCUT2D eigenvalue weighted by atomic mass is 10.1. The highest BCUT2D eigenvalue weighted by atomic mass is 35.5. The van der Waals surface area contributed by atoms with Gasteiger partial charge in [0.2, 0.25) is 5.91 Å². The van der Waals surface area contributed by atoms with Gasteiger partial charge in [-0.25, -0.2) is 0 Å². The zero-order valence-electron chi connectivity index (χ0n) is 13.9. The Bertz CT molecular complexity index is 779. The maximum absolute atomic E-state index is 12.3. The van der Waals surface area contributed by atoms with Crippen molar-refractivity contribution in [2.75, 3.05) is 13.2 Å². The molecule has 0 fully saturated rings. The van der Waals surface area contributed by atoms with Crippen molar-refractivity contribution in [3.05, 3.63) is 57.6 Å². The smallest absolute Gasteiger partial charge is 0.224 e. The molecule has 0 spiro atoms. The van der Waals surface area contributed by atoms with Gasteiger partial charge in [-0.1, -0.05) is 35.3 Å². The van der Waals surface area contributed by atoms with Crippen molar-refractivity contribution in [2.45, 2.75) is 25.8 Å². The maximum atomic E-state index is 12.3. The lowest BCUT2D eigenvalue weighted by Gasteiger charge is -2.16. The summed E-state index contributed by atoms with van der Waals surface area (Å²) in [5, 5.41) is 3.92. The molecular formula is C19H19Cl2NO3. The van der Waals surface area contributed by atoms with Crippen molar-refractivity contribution in [1.29, 1.82) is 0 Å². The van der Waals surface area contributed by atoms with Gasteiger partial charge in [-0.3, -0.25) is 4.79 Å². The zero-order valence-corrected chi connectivity index (χ0v) is 15.4. The highest BCUT2D eigenvalue weighted by Crippen LogP contribution is 2.32. The molecule has 3 rings (SSSR count). The van der Waals surface area contributed by atoms with Crippen LogP contribution in [-0.4, -0.2) is 19.1 Å². The van der Waals surface area contributed by atoms with Crippen LogP contribution < -0.4 is 14.8 Å². The molecule has 2 aromatic carbocycles. The molecule has 132 valence electrons. The molecular weight excluding hydrogens is 361 g/mol. The number of rotatable bonds is 4. The monoisotopic (exact) mass is 379 g/mol. The van der Waals surface area contributed by atoms with E-state index in [1.807, 2.05) is 25.1 Å². The SMILES string of the molecule is CC(NC(=O)Cc1ccc(Cl)c(Cl)c1)c1ccc2c(c1)OCCCO2. The Morgan fingerprint density at radius 3 is 2.60 bits per heavy atom. The summed E-state index contributed by atoms with van der Waals surface area (Å²) in [6, 6.07) is 10.8. The van der Waals surface area contributed by atoms with E-state index in [2.05, 4.69) is 5.32 Å². The number of hydrogen-bond donors (Lipinski definition) is 1. The quantitative estimate of drug-likeness (QED) is 0.845. The fourth-order valence-electron chi connectivity index (χ4n) is 2.66. The van der Waals surface area contributed by atoms with Crippen LogP contribution in [0, 0.1) is 0 Å². The van der Waals surface area contributed by atoms with Gasteiger partial charge in [-0.2, -0.15) is 0 Å². The molecule has 1 atom stereocenters. The third kappa shape index (κ3) is 4.59. The van der Waals surface area contributed by atoms with E-state index in [0.717, 1.165) is 29.0 Å². The van der Waals surface area contributed by atoms with Crippen LogP contribution >= 0.6 is 23.2 Å². The topological polar surface area (TPSA) is 47.6 Å². The lowest BCUT2D eigenvalue weighted by Crippen LogP contribution is -2.28. The molecule has 1 aliphatic rings. The van der Waals surface area contributed by atoms with Gasteiger partial charge in [-0.15, -0.1) is 0 Å². The molecule has 0 aliphatic carbocycles. The molecule has 4 nitrogen and oxygen atoms in total. The predicted molar refractivity (Wildman–Crippen MR) is 98.8 cm³/mol. The van der Waals surface area contributed by atoms with Gasteiger partial charge in [-0.05, 0) is 42.3 Å². The first-order chi connectivity index (χ1) is 12.0. The van der Waals surface area contributed by atoms with Gasteiger partial charge < -0.3 is 14.8 Å². The van der Waals surface area contributed by atoms with Gasteiger partial charge in [0.15, 0.2) is 11.5 Å². The van der Waals surface area contributed by atoms with E-state index in [4.69, 9.17) is 32.7 Å². The number of ether oxygens (including phenoxy) is 2. The summed E-state index contributed by atoms with van der Waals surface area (Å²) in [5.74, 6) is 1.38. The van der Waals surface area contributed by atoms with Gasteiger partial charge in [0.05, 0.1) is 35.7 Å². The number of carbonyl (C=O) groups is 1. The summed E-state index contributed by atoms with van der Waals surface area (Å²) in [5.41, 5.74) is 1.78. The maximum Gasteiger partial charge on any atom is 0.224 e. The van der Waals surface area contributed by atoms with Crippen molar-refractivity contribution in [2.24, 2.45) is 0 Å². The van der Waals surface area contributed by atoms with E-state index in [1.165, 1.54) is 0 Å². The van der Waals surface area contributed by atoms with Gasteiger partial charge in [0.25, 0.3) is 0 Å². The number of benzene rings is 2. The standard InChI is InChI=1S/C19H19Cl2NO3/c1-12(14-4-6-17-18(11-14)25-8-2-7-24-17)22-19(23)10-13-3-5-15(20)16(21)9-13/h3-6,9,11-12H,2,7-8,10H2,1H3,(H,22,23). The van der Waals surface area contributed by atoms with Crippen molar-refractivity contribution >= 4 is 29.1 Å². The molecule has 0 saturated heterocycles. The van der Waals surface area contributed by atoms with Gasteiger partial charge >= 0.3 is 0 Å². The Kier molecular flexibility index (Phi) is 5.71. The Hall–Kier alpha value is -1.91. The van der Waals surface area contributed by atoms with Crippen molar-refractivity contribution in [1.82, 2.24) is 5.32 Å². The Labute approximate surface area is 157 Å². The molecule has 1 unspecified atom stereocenters. The van der Waals surface area contributed by atoms with Crippen LogP contribution in [0.15, 0.2) is 36.4 Å². The summed E-state index contributed by atoms with van der Waals surface area (Å²) >= 11 is 11.9. The zero-order chi connectivity index (χ0) is 17.8. The van der Waals surface area contributed by atoms with Crippen LogP contribution in [0.5, 0.6) is 11.5 Å². The number of nitrogens with one attached hydrogen (secondary N) is 1. The third-order valence-electron chi connectivity index (χ3n) is 4.00. The van der Waals surface area contributed by atoms with Crippen LogP contribution in [0.3, 0.4) is 0 Å². The van der Waals surface area contributed by atoms with Crippen molar-refractivity contribution in [3.8, 4) is 11.5 Å². The minimum atomic E-state index is -0.146. The minimum absolute atomic E-state index is 0.0852. The lowest BCUT2D eigenvalue weighted by molar-refractivity contribution is -0.121. The Balaban J connectivity index is 1.65. The van der Waals surface area contributed by atoms with E-state index >= 15 is 0 Å². The van der Waals surface area contributed by atoms with Crippen LogP contribution in [-0.2, 0) is 11.2 Å². The van der Waals surface area contributed by atoms with Crippen molar-refractivity contribution < 1.29 is 14.3 Å². The van der Waals surface area contributed by atoms with E-state index in [9.17, 15) is 4.79 Å². The first-order valence-electron chi connectivity index (χ1n) is 8.16. The van der Waals surface area contributed by atoms with Crippen molar-refractivity contribution in [3.63, 3.8) is 0 Å². The molecule has 25 heavy (non-hydrogen) atoms. The Morgan fingerprint density at radius 2 is 1.84 bits per heavy atom. The summed E-state index contributed by atoms with van der Waals surface area (Å²) in [6.07, 6.45) is 1.10. The number of halogens is 2. The van der Waals surface area contributed by atoms with E-state index in [-0.39, 0.29) is 18.4 Å². The van der Waals surface area contributed by atoms with E-state index in [0.29, 0.717) is 23.3 Å². The summed E-state index contributed by atoms with van der Waals surface area (Å²) < 4.78 is 11.3. The number of carbonyl (C=O) groups excluding carboxylic acids is 1. The molecule has 0 radical (unpaired) electrons. The fraction of sp³-hybridized carbons (Fsp3) is 0.316. The van der Waals surface area contributed by atoms with Crippen LogP contribution in [0.4, 0.5) is 0 Å². The second kappa shape index (κ2) is 7.98. The molecule has 1 amide bonds. The normalized spacial score (nSPS) is 14.5. The van der Waals surface area contributed by atoms with Gasteiger partial charge in [0.1, 0.15) is 0 Å². The summed E-state index contributed by atoms with van der Waals surface area (Å²) in [6.45, 7) is 3.23. The minimum Gasteiger partial charge on any atom is -0.490 e. The van der Waals surface area contributed by atoms with E-state index < -0.39 is 0 Å². The van der Waals surface area contributed by atoms with Gasteiger partial charge in [0, 0.05) is 6.42 Å². The molecule has 6 heteroatoms. The number of amides is 1. The number of hydrogen-bond acceptors (Lipinski definition) is 3. The molecule has 1 N–H and O–H groups in total. The predicted octanol–water partition coefficient (Wildman–Crippen LogP) is 4.57. The molecule has 2 aromatic rings. The molecule has 1 heterocycles. The van der Waals surface area contributed by atoms with Crippen LogP contribution in [0.2, 0.25) is 10.0 Å². The molecule has 1 aliphatic heterocycles. The van der Waals surface area contributed by atoms with Crippen LogP contribution in [0.25, 0.3) is 0 Å². The second-order valence-electron chi connectivity index (χ2n) is 5.97. The fourth-order valence-corrected chi connectivity index (χ4v) is 2.98. The molecule has 0 saturated carbocycles. The van der Waals surface area contributed by atoms with Crippen LogP contribution in [0.1, 0.15) is 30.5 Å². The third-order valence-corrected chi connectivity index (χ3v) is 4.74. The highest BCUT2D eigenvalue weighted by Gasteiger charge is 2.15. The summed E-state index contributed by atoms with van der Waals surface area (Å²) in [4.78, 5) is 12.3. The second-order valence-corrected chi connectivity index (χ2v) is 6.79. The first-order valence-corrected chi connectivity index (χ1v) is 8.91. The Morgan fingerprint density at radius 1 is 1.08 bits per heavy atom. The van der Waals surface area contributed by atoms with E-state index in [1.54, 1.807) is 18.2 Å². The number of fused-ring (bicyclic) bond motifs is 1. The summed E-state index contributed by atoms with van der Waals surface area (Å²) in [7, 11) is 0. The average Bonchev–Trinajstić information content (AvgIpc) is 2.82. The first kappa shape index (κ1) is 17.9. The molecule has 0 aromatic heterocycles. The molecule has 0 bridgehead atoms. The highest BCUT2D eigenvalue weighted by molar-refractivity contribution is 6.42. The average molecular weight is 380 g/mol.